The largest absolute Gasteiger partial charge is 0.349 e. The molecular formula is C20H26ClN5O. The highest BCUT2D eigenvalue weighted by molar-refractivity contribution is 6.31. The summed E-state index contributed by atoms with van der Waals surface area (Å²) in [5, 5.41) is 8.40. The van der Waals surface area contributed by atoms with E-state index in [0.29, 0.717) is 17.9 Å². The minimum Gasteiger partial charge on any atom is -0.349 e. The number of fused-ring (bicyclic) bond motifs is 1. The number of H-pyrrole nitrogens is 1. The minimum absolute atomic E-state index is 0.0170. The summed E-state index contributed by atoms with van der Waals surface area (Å²) in [7, 11) is 0. The Morgan fingerprint density at radius 1 is 1.33 bits per heavy atom. The number of aromatic nitrogens is 4. The van der Waals surface area contributed by atoms with Crippen LogP contribution in [0.4, 0.5) is 0 Å². The molecule has 0 radical (unpaired) electrons. The molecule has 6 nitrogen and oxygen atoms in total. The molecule has 7 heteroatoms. The van der Waals surface area contributed by atoms with Crippen molar-refractivity contribution in [1.29, 1.82) is 0 Å². The summed E-state index contributed by atoms with van der Waals surface area (Å²) in [6.45, 7) is 9.04. The van der Waals surface area contributed by atoms with Crippen molar-refractivity contribution >= 4 is 28.5 Å². The first-order valence-corrected chi connectivity index (χ1v) is 9.78. The Kier molecular flexibility index (Phi) is 5.85. The van der Waals surface area contributed by atoms with E-state index in [4.69, 9.17) is 11.6 Å². The maximum atomic E-state index is 12.5. The molecule has 3 aromatic rings. The van der Waals surface area contributed by atoms with Crippen molar-refractivity contribution < 1.29 is 4.79 Å². The van der Waals surface area contributed by atoms with E-state index in [-0.39, 0.29) is 11.9 Å². The van der Waals surface area contributed by atoms with Crippen molar-refractivity contribution in [1.82, 2.24) is 25.1 Å². The third-order valence-electron chi connectivity index (χ3n) is 4.91. The van der Waals surface area contributed by atoms with E-state index >= 15 is 0 Å². The fraction of sp³-hybridized carbons (Fsp3) is 0.450. The zero-order valence-corrected chi connectivity index (χ0v) is 17.0. The molecule has 3 rings (SSSR count). The second-order valence-corrected chi connectivity index (χ2v) is 7.21. The van der Waals surface area contributed by atoms with Gasteiger partial charge in [0.1, 0.15) is 5.82 Å². The summed E-state index contributed by atoms with van der Waals surface area (Å²) in [6.07, 6.45) is 1.76. The molecule has 27 heavy (non-hydrogen) atoms. The molecule has 0 bridgehead atoms. The Labute approximate surface area is 164 Å². The van der Waals surface area contributed by atoms with Crippen LogP contribution in [0.3, 0.4) is 0 Å². The van der Waals surface area contributed by atoms with Crippen molar-refractivity contribution in [3.8, 4) is 0 Å². The average molecular weight is 388 g/mol. The summed E-state index contributed by atoms with van der Waals surface area (Å²) < 4.78 is 1.99. The SMILES string of the molecule is CCC(NC(=O)CCc1nc2ccc(Cl)cc2[nH]1)c1c(C)nn(CC)c1C. The first-order valence-electron chi connectivity index (χ1n) is 9.40. The van der Waals surface area contributed by atoms with Crippen LogP contribution in [0, 0.1) is 13.8 Å². The third-order valence-corrected chi connectivity index (χ3v) is 5.15. The number of imidazole rings is 1. The van der Waals surface area contributed by atoms with Gasteiger partial charge in [0.2, 0.25) is 5.91 Å². The lowest BCUT2D eigenvalue weighted by molar-refractivity contribution is -0.121. The second-order valence-electron chi connectivity index (χ2n) is 6.77. The molecule has 1 atom stereocenters. The zero-order valence-electron chi connectivity index (χ0n) is 16.3. The van der Waals surface area contributed by atoms with Crippen molar-refractivity contribution in [2.24, 2.45) is 0 Å². The van der Waals surface area contributed by atoms with E-state index in [0.717, 1.165) is 46.8 Å². The highest BCUT2D eigenvalue weighted by Crippen LogP contribution is 2.24. The Balaban J connectivity index is 1.66. The molecule has 1 aromatic carbocycles. The van der Waals surface area contributed by atoms with Crippen LogP contribution in [0.2, 0.25) is 5.02 Å². The number of carbonyl (C=O) groups is 1. The van der Waals surface area contributed by atoms with Crippen LogP contribution >= 0.6 is 11.6 Å². The quantitative estimate of drug-likeness (QED) is 0.636. The topological polar surface area (TPSA) is 75.6 Å². The number of hydrogen-bond acceptors (Lipinski definition) is 3. The van der Waals surface area contributed by atoms with Gasteiger partial charge in [-0.25, -0.2) is 4.98 Å². The van der Waals surface area contributed by atoms with Gasteiger partial charge < -0.3 is 10.3 Å². The summed E-state index contributed by atoms with van der Waals surface area (Å²) in [5.74, 6) is 0.810. The van der Waals surface area contributed by atoms with Gasteiger partial charge in [-0.05, 0) is 45.4 Å². The molecule has 0 aliphatic carbocycles. The number of aryl methyl sites for hydroxylation is 3. The molecule has 0 spiro atoms. The van der Waals surface area contributed by atoms with Crippen LogP contribution < -0.4 is 5.32 Å². The van der Waals surface area contributed by atoms with Crippen LogP contribution in [0.15, 0.2) is 18.2 Å². The molecule has 144 valence electrons. The molecule has 2 N–H and O–H groups in total. The molecule has 0 fully saturated rings. The fourth-order valence-corrected chi connectivity index (χ4v) is 3.72. The number of halogens is 1. The van der Waals surface area contributed by atoms with Gasteiger partial charge in [-0.2, -0.15) is 5.10 Å². The number of benzene rings is 1. The Hall–Kier alpha value is -2.34. The normalized spacial score (nSPS) is 12.5. The van der Waals surface area contributed by atoms with E-state index in [1.807, 2.05) is 29.8 Å². The summed E-state index contributed by atoms with van der Waals surface area (Å²) in [5.41, 5.74) is 4.99. The van der Waals surface area contributed by atoms with Crippen LogP contribution in [-0.4, -0.2) is 25.7 Å². The molecular weight excluding hydrogens is 362 g/mol. The third kappa shape index (κ3) is 4.16. The number of amides is 1. The lowest BCUT2D eigenvalue weighted by Crippen LogP contribution is -2.29. The first-order chi connectivity index (χ1) is 12.9. The van der Waals surface area contributed by atoms with Gasteiger partial charge in [-0.1, -0.05) is 18.5 Å². The van der Waals surface area contributed by atoms with Crippen LogP contribution in [-0.2, 0) is 17.8 Å². The predicted molar refractivity (Wildman–Crippen MR) is 108 cm³/mol. The smallest absolute Gasteiger partial charge is 0.220 e. The average Bonchev–Trinajstić information content (AvgIpc) is 3.17. The number of aromatic amines is 1. The second kappa shape index (κ2) is 8.13. The van der Waals surface area contributed by atoms with Gasteiger partial charge in [0.15, 0.2) is 0 Å². The van der Waals surface area contributed by atoms with Crippen molar-refractivity contribution in [3.63, 3.8) is 0 Å². The Bertz CT molecular complexity index is 959. The van der Waals surface area contributed by atoms with Crippen molar-refractivity contribution in [3.05, 3.63) is 46.0 Å². The van der Waals surface area contributed by atoms with Crippen molar-refractivity contribution in [2.45, 2.75) is 59.5 Å². The maximum absolute atomic E-state index is 12.5. The molecule has 1 amide bonds. The summed E-state index contributed by atoms with van der Waals surface area (Å²) >= 11 is 6.01. The molecule has 0 aliphatic heterocycles. The van der Waals surface area contributed by atoms with E-state index in [9.17, 15) is 4.79 Å². The minimum atomic E-state index is -0.0210. The highest BCUT2D eigenvalue weighted by atomic mass is 35.5. The number of nitrogens with one attached hydrogen (secondary N) is 2. The monoisotopic (exact) mass is 387 g/mol. The number of hydrogen-bond donors (Lipinski definition) is 2. The first kappa shape index (κ1) is 19.4. The fourth-order valence-electron chi connectivity index (χ4n) is 3.55. The lowest BCUT2D eigenvalue weighted by atomic mass is 10.0. The molecule has 1 unspecified atom stereocenters. The zero-order chi connectivity index (χ0) is 19.6. The van der Waals surface area contributed by atoms with Crippen LogP contribution in [0.25, 0.3) is 11.0 Å². The number of rotatable bonds is 7. The standard InChI is InChI=1S/C20H26ClN5O/c1-5-15(20-12(3)25-26(6-2)13(20)4)24-19(27)10-9-18-22-16-8-7-14(21)11-17(16)23-18/h7-8,11,15H,5-6,9-10H2,1-4H3,(H,22,23)(H,24,27). The van der Waals surface area contributed by atoms with Crippen molar-refractivity contribution in [2.75, 3.05) is 0 Å². The lowest BCUT2D eigenvalue weighted by Gasteiger charge is -2.18. The molecule has 2 aromatic heterocycles. The summed E-state index contributed by atoms with van der Waals surface area (Å²) in [4.78, 5) is 20.3. The van der Waals surface area contributed by atoms with Gasteiger partial charge in [-0.3, -0.25) is 9.48 Å². The molecule has 0 saturated heterocycles. The number of carbonyl (C=O) groups excluding carboxylic acids is 1. The molecule has 2 heterocycles. The summed E-state index contributed by atoms with van der Waals surface area (Å²) in [6, 6.07) is 5.51. The van der Waals surface area contributed by atoms with E-state index in [1.165, 1.54) is 0 Å². The number of nitrogens with zero attached hydrogens (tertiary/aromatic N) is 3. The van der Waals surface area contributed by atoms with Gasteiger partial charge in [0.05, 0.1) is 22.8 Å². The van der Waals surface area contributed by atoms with E-state index in [2.05, 4.69) is 41.2 Å². The Morgan fingerprint density at radius 3 is 2.78 bits per heavy atom. The maximum Gasteiger partial charge on any atom is 0.220 e. The highest BCUT2D eigenvalue weighted by Gasteiger charge is 2.21. The van der Waals surface area contributed by atoms with Gasteiger partial charge in [0, 0.05) is 35.7 Å². The predicted octanol–water partition coefficient (Wildman–Crippen LogP) is 4.25. The van der Waals surface area contributed by atoms with Crippen LogP contribution in [0.1, 0.15) is 55.5 Å². The molecule has 0 saturated carbocycles. The van der Waals surface area contributed by atoms with E-state index < -0.39 is 0 Å². The van der Waals surface area contributed by atoms with Gasteiger partial charge in [0.25, 0.3) is 0 Å². The van der Waals surface area contributed by atoms with Gasteiger partial charge >= 0.3 is 0 Å². The van der Waals surface area contributed by atoms with E-state index in [1.54, 1.807) is 0 Å². The molecule has 0 aliphatic rings. The Morgan fingerprint density at radius 2 is 2.11 bits per heavy atom. The van der Waals surface area contributed by atoms with Gasteiger partial charge in [-0.15, -0.1) is 0 Å². The van der Waals surface area contributed by atoms with Crippen LogP contribution in [0.5, 0.6) is 0 Å².